The fourth-order valence-electron chi connectivity index (χ4n) is 1.15. The zero-order valence-corrected chi connectivity index (χ0v) is 10.1. The summed E-state index contributed by atoms with van der Waals surface area (Å²) in [5.41, 5.74) is -0.197. The molecular weight excluding hydrogens is 265 g/mol. The highest BCUT2D eigenvalue weighted by molar-refractivity contribution is 7.55. The molecule has 9 nitrogen and oxygen atoms in total. The van der Waals surface area contributed by atoms with Crippen LogP contribution in [0.15, 0.2) is 12.3 Å². The molecule has 0 amide bonds. The molecule has 18 heavy (non-hydrogen) atoms. The summed E-state index contributed by atoms with van der Waals surface area (Å²) in [6, 6.07) is 0.555. The Balaban J connectivity index is 2.65. The third-order valence-corrected chi connectivity index (χ3v) is 2.43. The van der Waals surface area contributed by atoms with Crippen LogP contribution in [0.25, 0.3) is 0 Å². The van der Waals surface area contributed by atoms with Gasteiger partial charge in [-0.05, 0) is 6.07 Å². The molecule has 0 radical (unpaired) electrons. The Morgan fingerprint density at radius 3 is 2.72 bits per heavy atom. The SMILES string of the molecule is N=c1ccn(CC(CO)OC[P+]([O-])([O-])O)c([O-])n1. The van der Waals surface area contributed by atoms with Gasteiger partial charge in [0.05, 0.1) is 27.1 Å². The van der Waals surface area contributed by atoms with Gasteiger partial charge < -0.3 is 29.3 Å². The van der Waals surface area contributed by atoms with Gasteiger partial charge in [0.2, 0.25) is 0 Å². The van der Waals surface area contributed by atoms with Crippen LogP contribution in [0.1, 0.15) is 0 Å². The Morgan fingerprint density at radius 2 is 2.22 bits per heavy atom. The summed E-state index contributed by atoms with van der Waals surface area (Å²) in [5.74, 6) is 0. The fourth-order valence-corrected chi connectivity index (χ4v) is 1.55. The van der Waals surface area contributed by atoms with Gasteiger partial charge in [-0.3, -0.25) is 10.3 Å². The average Bonchev–Trinajstić information content (AvgIpc) is 2.25. The summed E-state index contributed by atoms with van der Waals surface area (Å²) in [6.45, 7) is -0.669. The molecule has 10 heteroatoms. The van der Waals surface area contributed by atoms with E-state index in [2.05, 4.69) is 4.98 Å². The van der Waals surface area contributed by atoms with Crippen molar-refractivity contribution in [2.24, 2.45) is 0 Å². The van der Waals surface area contributed by atoms with Crippen LogP contribution < -0.4 is 20.4 Å². The maximum Gasteiger partial charge on any atom is 0.174 e. The van der Waals surface area contributed by atoms with Gasteiger partial charge in [0.25, 0.3) is 0 Å². The van der Waals surface area contributed by atoms with Crippen molar-refractivity contribution in [1.82, 2.24) is 9.55 Å². The van der Waals surface area contributed by atoms with Crippen LogP contribution in [0.4, 0.5) is 0 Å². The molecule has 0 aliphatic carbocycles. The number of hydrogen-bond donors (Lipinski definition) is 3. The number of nitrogens with zero attached hydrogens (tertiary/aromatic N) is 2. The van der Waals surface area contributed by atoms with Gasteiger partial charge in [0.15, 0.2) is 6.35 Å². The monoisotopic (exact) mass is 277 g/mol. The van der Waals surface area contributed by atoms with Crippen molar-refractivity contribution >= 4 is 7.94 Å². The second kappa shape index (κ2) is 6.19. The van der Waals surface area contributed by atoms with E-state index in [0.717, 1.165) is 4.57 Å². The molecule has 1 unspecified atom stereocenters. The van der Waals surface area contributed by atoms with E-state index in [-0.39, 0.29) is 12.0 Å². The molecule has 0 aliphatic heterocycles. The maximum absolute atomic E-state index is 11.3. The highest BCUT2D eigenvalue weighted by atomic mass is 31.2. The third-order valence-electron chi connectivity index (χ3n) is 1.95. The predicted octanol–water partition coefficient (Wildman–Crippen LogP) is -3.75. The Bertz CT molecular complexity index is 445. The van der Waals surface area contributed by atoms with E-state index in [4.69, 9.17) is 20.1 Å². The minimum absolute atomic E-state index is 0.136. The van der Waals surface area contributed by atoms with E-state index in [0.29, 0.717) is 0 Å². The molecule has 1 aromatic rings. The first-order valence-electron chi connectivity index (χ1n) is 4.86. The second-order valence-electron chi connectivity index (χ2n) is 3.49. The summed E-state index contributed by atoms with van der Waals surface area (Å²) in [6.07, 6.45) is -0.647. The molecule has 0 saturated carbocycles. The maximum atomic E-state index is 11.3. The molecule has 0 aromatic carbocycles. The van der Waals surface area contributed by atoms with Gasteiger partial charge in [0.1, 0.15) is 11.6 Å². The highest BCUT2D eigenvalue weighted by Gasteiger charge is 2.15. The minimum Gasteiger partial charge on any atom is -0.846 e. The molecule has 1 rings (SSSR count). The molecular formula is C8H12N3O6P-2. The normalized spacial score (nSPS) is 13.6. The van der Waals surface area contributed by atoms with Crippen molar-refractivity contribution in [3.63, 3.8) is 0 Å². The number of rotatable bonds is 6. The highest BCUT2D eigenvalue weighted by Crippen LogP contribution is 2.33. The van der Waals surface area contributed by atoms with Gasteiger partial charge in [-0.15, -0.1) is 0 Å². The quantitative estimate of drug-likeness (QED) is 0.450. The van der Waals surface area contributed by atoms with E-state index >= 15 is 0 Å². The van der Waals surface area contributed by atoms with E-state index in [1.54, 1.807) is 0 Å². The second-order valence-corrected chi connectivity index (χ2v) is 5.02. The van der Waals surface area contributed by atoms with Gasteiger partial charge in [-0.2, -0.15) is 0 Å². The van der Waals surface area contributed by atoms with Crippen LogP contribution in [0.5, 0.6) is 6.01 Å². The molecule has 0 aliphatic rings. The molecule has 0 spiro atoms. The van der Waals surface area contributed by atoms with Crippen molar-refractivity contribution in [3.8, 4) is 6.01 Å². The van der Waals surface area contributed by atoms with Gasteiger partial charge in [-0.1, -0.05) is 0 Å². The number of aromatic nitrogens is 2. The lowest BCUT2D eigenvalue weighted by molar-refractivity contribution is -0.337. The van der Waals surface area contributed by atoms with E-state index < -0.39 is 33.0 Å². The summed E-state index contributed by atoms with van der Waals surface area (Å²) in [4.78, 5) is 32.8. The Kier molecular flexibility index (Phi) is 5.15. The number of hydrogen-bond acceptors (Lipinski definition) is 8. The van der Waals surface area contributed by atoms with Crippen LogP contribution in [0, 0.1) is 5.41 Å². The van der Waals surface area contributed by atoms with Crippen LogP contribution in [-0.4, -0.2) is 38.6 Å². The Hall–Kier alpha value is -1.09. The smallest absolute Gasteiger partial charge is 0.174 e. The van der Waals surface area contributed by atoms with Crippen molar-refractivity contribution in [3.05, 3.63) is 17.8 Å². The standard InChI is InChI=1S/C8H14N3O6P/c9-7-1-2-11(8(13)10-7)3-6(4-12)17-5-18(14,15)16/h1-2,6,12H,3-5H2,(H2,9,10,13)(H2,14,15,16)/p-2. The summed E-state index contributed by atoms with van der Waals surface area (Å²) < 4.78 is 5.80. The van der Waals surface area contributed by atoms with Gasteiger partial charge in [0, 0.05) is 6.20 Å². The number of ether oxygens (including phenoxy) is 1. The topological polar surface area (TPSA) is 161 Å². The first-order valence-corrected chi connectivity index (χ1v) is 6.62. The lowest BCUT2D eigenvalue weighted by Gasteiger charge is -2.29. The molecule has 1 heterocycles. The predicted molar refractivity (Wildman–Crippen MR) is 53.5 cm³/mol. The first kappa shape index (κ1) is 15.0. The first-order chi connectivity index (χ1) is 8.31. The largest absolute Gasteiger partial charge is 0.846 e. The summed E-state index contributed by atoms with van der Waals surface area (Å²) in [5, 5.41) is 27.4. The van der Waals surface area contributed by atoms with Crippen LogP contribution >= 0.6 is 7.94 Å². The number of nitrogens with one attached hydrogen (secondary N) is 1. The van der Waals surface area contributed by atoms with Crippen molar-refractivity contribution in [1.29, 1.82) is 5.41 Å². The van der Waals surface area contributed by atoms with E-state index in [1.165, 1.54) is 12.3 Å². The molecule has 0 bridgehead atoms. The van der Waals surface area contributed by atoms with Crippen molar-refractivity contribution < 1.29 is 29.6 Å². The van der Waals surface area contributed by atoms with E-state index in [9.17, 15) is 14.9 Å². The third kappa shape index (κ3) is 5.05. The van der Waals surface area contributed by atoms with Crippen LogP contribution in [0.3, 0.4) is 0 Å². The van der Waals surface area contributed by atoms with Crippen molar-refractivity contribution in [2.45, 2.75) is 12.6 Å². The molecule has 0 saturated heterocycles. The summed E-state index contributed by atoms with van der Waals surface area (Å²) >= 11 is 0. The lowest BCUT2D eigenvalue weighted by atomic mass is 10.3. The minimum atomic E-state index is -4.57. The lowest BCUT2D eigenvalue weighted by Crippen LogP contribution is -2.32. The number of aliphatic hydroxyl groups is 1. The Morgan fingerprint density at radius 1 is 1.56 bits per heavy atom. The number of aliphatic hydroxyl groups excluding tert-OH is 1. The molecule has 3 N–H and O–H groups in total. The molecule has 0 fully saturated rings. The fraction of sp³-hybridized carbons (Fsp3) is 0.500. The van der Waals surface area contributed by atoms with E-state index in [1.807, 2.05) is 0 Å². The molecule has 102 valence electrons. The van der Waals surface area contributed by atoms with Gasteiger partial charge in [-0.25, -0.2) is 4.98 Å². The molecule has 1 aromatic heterocycles. The average molecular weight is 277 g/mol. The zero-order chi connectivity index (χ0) is 13.8. The summed E-state index contributed by atoms with van der Waals surface area (Å²) in [7, 11) is -4.57. The van der Waals surface area contributed by atoms with Crippen molar-refractivity contribution in [2.75, 3.05) is 13.0 Å². The Labute approximate surface area is 103 Å². The van der Waals surface area contributed by atoms with Crippen LogP contribution in [0.2, 0.25) is 0 Å². The van der Waals surface area contributed by atoms with Crippen LogP contribution in [-0.2, 0) is 11.3 Å². The molecule has 1 atom stereocenters. The zero-order valence-electron chi connectivity index (χ0n) is 9.22. The van der Waals surface area contributed by atoms with Gasteiger partial charge >= 0.3 is 0 Å².